The Labute approximate surface area is 206 Å². The summed E-state index contributed by atoms with van der Waals surface area (Å²) < 4.78 is 14.4. The van der Waals surface area contributed by atoms with Gasteiger partial charge in [-0.05, 0) is 49.9 Å². The van der Waals surface area contributed by atoms with Crippen molar-refractivity contribution in [3.63, 3.8) is 0 Å². The second-order valence-corrected chi connectivity index (χ2v) is 10.4. The molecule has 1 N–H and O–H groups in total. The Kier molecular flexibility index (Phi) is 5.91. The van der Waals surface area contributed by atoms with Crippen molar-refractivity contribution in [1.29, 1.82) is 0 Å². The first-order chi connectivity index (χ1) is 17.1. The van der Waals surface area contributed by atoms with E-state index >= 15 is 0 Å². The van der Waals surface area contributed by atoms with E-state index in [-0.39, 0.29) is 17.2 Å². The van der Waals surface area contributed by atoms with E-state index < -0.39 is 0 Å². The summed E-state index contributed by atoms with van der Waals surface area (Å²) in [6.45, 7) is 6.62. The molecule has 2 aromatic heterocycles. The number of H-pyrrole nitrogens is 1. The topological polar surface area (TPSA) is 89.5 Å². The van der Waals surface area contributed by atoms with Crippen LogP contribution < -0.4 is 15.9 Å². The summed E-state index contributed by atoms with van der Waals surface area (Å²) in [6.07, 6.45) is 2.72. The van der Waals surface area contributed by atoms with E-state index in [0.717, 1.165) is 62.4 Å². The highest BCUT2D eigenvalue weighted by Crippen LogP contribution is 2.33. The molecule has 4 aromatic rings. The number of nitrogens with zero attached hydrogens (tertiary/aromatic N) is 3. The van der Waals surface area contributed by atoms with E-state index in [4.69, 9.17) is 14.5 Å². The average molecular weight is 493 g/mol. The Morgan fingerprint density at radius 2 is 2.00 bits per heavy atom. The number of benzene rings is 2. The third-order valence-corrected chi connectivity index (χ3v) is 8.24. The average Bonchev–Trinajstić information content (AvgIpc) is 3.20. The number of fused-ring (bicyclic) bond motifs is 3. The molecule has 2 aromatic carbocycles. The summed E-state index contributed by atoms with van der Waals surface area (Å²) in [5, 5.41) is 0.632. The molecule has 2 aliphatic rings. The first kappa shape index (κ1) is 22.5. The van der Waals surface area contributed by atoms with Gasteiger partial charge in [0, 0.05) is 31.2 Å². The van der Waals surface area contributed by atoms with Crippen LogP contribution in [-0.2, 0) is 11.3 Å². The van der Waals surface area contributed by atoms with Crippen LogP contribution in [0.3, 0.4) is 0 Å². The second-order valence-electron chi connectivity index (χ2n) is 9.39. The van der Waals surface area contributed by atoms with Crippen LogP contribution in [0.1, 0.15) is 37.8 Å². The fourth-order valence-electron chi connectivity index (χ4n) is 5.00. The maximum atomic E-state index is 13.3. The Balaban J connectivity index is 1.53. The van der Waals surface area contributed by atoms with Gasteiger partial charge in [-0.2, -0.15) is 0 Å². The summed E-state index contributed by atoms with van der Waals surface area (Å²) in [7, 11) is 0. The summed E-state index contributed by atoms with van der Waals surface area (Å²) in [5.41, 5.74) is 3.10. The first-order valence-electron chi connectivity index (χ1n) is 12.2. The smallest absolute Gasteiger partial charge is 0.275 e. The number of aromatic amines is 1. The molecule has 4 bridgehead atoms. The van der Waals surface area contributed by atoms with Crippen molar-refractivity contribution in [2.24, 2.45) is 0 Å². The lowest BCUT2D eigenvalue weighted by molar-refractivity contribution is 0.0342. The van der Waals surface area contributed by atoms with Crippen molar-refractivity contribution in [2.45, 2.75) is 38.8 Å². The van der Waals surface area contributed by atoms with Gasteiger partial charge < -0.3 is 14.5 Å². The standard InChI is InChI=1S/C26H28N4O4S/c1-16-5-2-3-10-34-21-14-17(15-29-8-11-33-12-9-29)13-20-23(21)28-22(25(31)27-20)18-6-4-7-19-24(18)35-30(16)26(19)32/h4,6-7,13-14,16H,2-3,5,8-12,15H2,1H3,(H,27,31). The van der Waals surface area contributed by atoms with Crippen molar-refractivity contribution >= 4 is 32.7 Å². The zero-order valence-corrected chi connectivity index (χ0v) is 20.5. The number of nitrogens with one attached hydrogen (secondary N) is 1. The van der Waals surface area contributed by atoms with Gasteiger partial charge in [-0.15, -0.1) is 0 Å². The predicted molar refractivity (Wildman–Crippen MR) is 138 cm³/mol. The Morgan fingerprint density at radius 1 is 1.14 bits per heavy atom. The first-order valence-corrected chi connectivity index (χ1v) is 13.0. The molecule has 1 atom stereocenters. The molecule has 0 aliphatic carbocycles. The van der Waals surface area contributed by atoms with Crippen LogP contribution in [0.2, 0.25) is 0 Å². The Morgan fingerprint density at radius 3 is 2.86 bits per heavy atom. The van der Waals surface area contributed by atoms with Gasteiger partial charge in [0.05, 0.1) is 35.4 Å². The lowest BCUT2D eigenvalue weighted by Crippen LogP contribution is -2.35. The maximum Gasteiger partial charge on any atom is 0.275 e. The van der Waals surface area contributed by atoms with E-state index in [2.05, 4.69) is 22.9 Å². The minimum atomic E-state index is -0.271. The van der Waals surface area contributed by atoms with Crippen molar-refractivity contribution < 1.29 is 9.47 Å². The van der Waals surface area contributed by atoms with Gasteiger partial charge in [0.1, 0.15) is 17.0 Å². The molecule has 182 valence electrons. The lowest BCUT2D eigenvalue weighted by atomic mass is 10.1. The number of hydrogen-bond acceptors (Lipinski definition) is 7. The van der Waals surface area contributed by atoms with Crippen molar-refractivity contribution in [1.82, 2.24) is 18.8 Å². The molecule has 0 saturated carbocycles. The van der Waals surface area contributed by atoms with Crippen LogP contribution >= 0.6 is 11.5 Å². The van der Waals surface area contributed by atoms with Gasteiger partial charge in [0.15, 0.2) is 0 Å². The third-order valence-electron chi connectivity index (χ3n) is 6.90. The van der Waals surface area contributed by atoms with Crippen LogP contribution in [0.5, 0.6) is 5.75 Å². The lowest BCUT2D eigenvalue weighted by Gasteiger charge is -2.26. The zero-order chi connectivity index (χ0) is 23.9. The molecule has 4 heterocycles. The summed E-state index contributed by atoms with van der Waals surface area (Å²) in [5.74, 6) is 0.686. The maximum absolute atomic E-state index is 13.3. The molecule has 2 aliphatic heterocycles. The van der Waals surface area contributed by atoms with Gasteiger partial charge in [0.2, 0.25) is 0 Å². The molecule has 0 radical (unpaired) electrons. The molecule has 1 saturated heterocycles. The predicted octanol–water partition coefficient (Wildman–Crippen LogP) is 3.92. The summed E-state index contributed by atoms with van der Waals surface area (Å²) >= 11 is 1.43. The fourth-order valence-corrected chi connectivity index (χ4v) is 6.18. The van der Waals surface area contributed by atoms with Gasteiger partial charge in [-0.1, -0.05) is 23.7 Å². The molecule has 0 amide bonds. The van der Waals surface area contributed by atoms with E-state index in [0.29, 0.717) is 40.0 Å². The molecule has 6 rings (SSSR count). The number of ether oxygens (including phenoxy) is 2. The van der Waals surface area contributed by atoms with Gasteiger partial charge in [0.25, 0.3) is 11.1 Å². The zero-order valence-electron chi connectivity index (χ0n) is 19.7. The van der Waals surface area contributed by atoms with E-state index in [1.165, 1.54) is 11.5 Å². The van der Waals surface area contributed by atoms with Crippen LogP contribution in [0.15, 0.2) is 39.9 Å². The second kappa shape index (κ2) is 9.22. The minimum Gasteiger partial charge on any atom is -0.491 e. The minimum absolute atomic E-state index is 0.00358. The third kappa shape index (κ3) is 4.17. The molecule has 35 heavy (non-hydrogen) atoms. The molecular formula is C26H28N4O4S. The van der Waals surface area contributed by atoms with Gasteiger partial charge >= 0.3 is 0 Å². The van der Waals surface area contributed by atoms with Crippen molar-refractivity contribution in [3.05, 3.63) is 56.6 Å². The number of rotatable bonds is 2. The van der Waals surface area contributed by atoms with Crippen LogP contribution in [-0.4, -0.2) is 51.7 Å². The number of morpholine rings is 1. The van der Waals surface area contributed by atoms with Crippen LogP contribution in [0.4, 0.5) is 0 Å². The highest BCUT2D eigenvalue weighted by Gasteiger charge is 2.21. The molecule has 1 fully saturated rings. The Hall–Kier alpha value is -3.01. The van der Waals surface area contributed by atoms with Crippen molar-refractivity contribution in [2.75, 3.05) is 32.9 Å². The van der Waals surface area contributed by atoms with Crippen LogP contribution in [0.25, 0.3) is 32.4 Å². The highest BCUT2D eigenvalue weighted by molar-refractivity contribution is 7.14. The van der Waals surface area contributed by atoms with E-state index in [9.17, 15) is 9.59 Å². The molecule has 1 unspecified atom stereocenters. The highest BCUT2D eigenvalue weighted by atomic mass is 32.1. The summed E-state index contributed by atoms with van der Waals surface area (Å²) in [6, 6.07) is 9.66. The van der Waals surface area contributed by atoms with Crippen LogP contribution in [0, 0.1) is 0 Å². The largest absolute Gasteiger partial charge is 0.491 e. The molecule has 9 heteroatoms. The Bertz CT molecular complexity index is 1520. The van der Waals surface area contributed by atoms with Gasteiger partial charge in [-0.25, -0.2) is 4.98 Å². The molecule has 0 spiro atoms. The SMILES string of the molecule is CC1CCCCOc2cc(CN3CCOCC3)cc3[nH]c(=O)c(nc23)-c2cccc3c(=O)n1sc23. The molecular weight excluding hydrogens is 464 g/mol. The monoisotopic (exact) mass is 492 g/mol. The fraction of sp³-hybridized carbons (Fsp3) is 0.423. The van der Waals surface area contributed by atoms with E-state index in [1.54, 1.807) is 0 Å². The van der Waals surface area contributed by atoms with Gasteiger partial charge in [-0.3, -0.25) is 18.4 Å². The summed E-state index contributed by atoms with van der Waals surface area (Å²) in [4.78, 5) is 36.6. The molecule has 8 nitrogen and oxygen atoms in total. The number of hydrogen-bond donors (Lipinski definition) is 1. The van der Waals surface area contributed by atoms with E-state index in [1.807, 2.05) is 28.2 Å². The quantitative estimate of drug-likeness (QED) is 0.456. The van der Waals surface area contributed by atoms with Crippen molar-refractivity contribution in [3.8, 4) is 17.0 Å². The number of aromatic nitrogens is 3. The normalized spacial score (nSPS) is 19.3.